The summed E-state index contributed by atoms with van der Waals surface area (Å²) >= 11 is 0. The van der Waals surface area contributed by atoms with Crippen LogP contribution in [0.25, 0.3) is 0 Å². The molecular weight excluding hydrogens is 342 g/mol. The van der Waals surface area contributed by atoms with Crippen molar-refractivity contribution in [3.8, 4) is 23.0 Å². The van der Waals surface area contributed by atoms with Crippen LogP contribution >= 0.6 is 0 Å². The quantitative estimate of drug-likeness (QED) is 0.741. The molecule has 0 fully saturated rings. The number of fused-ring (bicyclic) bond motifs is 1. The summed E-state index contributed by atoms with van der Waals surface area (Å²) in [6.45, 7) is 1.48. The van der Waals surface area contributed by atoms with Crippen molar-refractivity contribution in [2.24, 2.45) is 0 Å². The molecule has 5 heteroatoms. The van der Waals surface area contributed by atoms with Gasteiger partial charge in [-0.3, -0.25) is 4.79 Å². The van der Waals surface area contributed by atoms with Gasteiger partial charge in [0.2, 0.25) is 0 Å². The van der Waals surface area contributed by atoms with Gasteiger partial charge in [0.25, 0.3) is 5.91 Å². The van der Waals surface area contributed by atoms with Crippen molar-refractivity contribution in [3.63, 3.8) is 0 Å². The molecule has 4 rings (SSSR count). The zero-order valence-electron chi connectivity index (χ0n) is 14.7. The van der Waals surface area contributed by atoms with Crippen LogP contribution < -0.4 is 19.5 Å². The van der Waals surface area contributed by atoms with Gasteiger partial charge < -0.3 is 19.5 Å². The van der Waals surface area contributed by atoms with Crippen molar-refractivity contribution in [3.05, 3.63) is 83.9 Å². The number of nitrogens with one attached hydrogen (secondary N) is 1. The number of carbonyl (C=O) groups is 1. The Labute approximate surface area is 157 Å². The Morgan fingerprint density at radius 2 is 1.63 bits per heavy atom. The van der Waals surface area contributed by atoms with E-state index in [1.54, 1.807) is 12.1 Å². The van der Waals surface area contributed by atoms with E-state index in [2.05, 4.69) is 5.32 Å². The van der Waals surface area contributed by atoms with Crippen LogP contribution in [0.1, 0.15) is 15.9 Å². The highest BCUT2D eigenvalue weighted by Crippen LogP contribution is 2.31. The third-order valence-corrected chi connectivity index (χ3v) is 4.16. The summed E-state index contributed by atoms with van der Waals surface area (Å²) in [5.41, 5.74) is 1.42. The molecule has 1 amide bonds. The van der Waals surface area contributed by atoms with Crippen LogP contribution in [0.3, 0.4) is 0 Å². The summed E-state index contributed by atoms with van der Waals surface area (Å²) in [7, 11) is 0. The van der Waals surface area contributed by atoms with Crippen LogP contribution in [-0.4, -0.2) is 19.1 Å². The number of hydrogen-bond donors (Lipinski definition) is 1. The molecule has 0 saturated carbocycles. The van der Waals surface area contributed by atoms with Crippen molar-refractivity contribution >= 4 is 5.91 Å². The maximum atomic E-state index is 12.7. The molecule has 1 N–H and O–H groups in total. The molecule has 5 nitrogen and oxygen atoms in total. The van der Waals surface area contributed by atoms with E-state index in [0.29, 0.717) is 42.6 Å². The first-order valence-electron chi connectivity index (χ1n) is 8.78. The standard InChI is InChI=1S/C22H19NO4/c24-22(23-15-16-10-11-20-21(14-16)26-13-12-25-20)18-8-4-5-9-19(18)27-17-6-2-1-3-7-17/h1-11,14H,12-13,15H2,(H,23,24). The molecule has 0 unspecified atom stereocenters. The molecule has 0 spiro atoms. The second kappa shape index (κ2) is 7.83. The first kappa shape index (κ1) is 17.0. The normalized spacial score (nSPS) is 12.3. The second-order valence-electron chi connectivity index (χ2n) is 6.07. The van der Waals surface area contributed by atoms with Gasteiger partial charge >= 0.3 is 0 Å². The topological polar surface area (TPSA) is 56.8 Å². The third kappa shape index (κ3) is 4.03. The molecule has 0 radical (unpaired) electrons. The average molecular weight is 361 g/mol. The second-order valence-corrected chi connectivity index (χ2v) is 6.07. The summed E-state index contributed by atoms with van der Waals surface area (Å²) in [6, 6.07) is 22.3. The number of benzene rings is 3. The Morgan fingerprint density at radius 1 is 0.889 bits per heavy atom. The van der Waals surface area contributed by atoms with Crippen molar-refractivity contribution in [2.75, 3.05) is 13.2 Å². The van der Waals surface area contributed by atoms with Gasteiger partial charge in [0.05, 0.1) is 5.56 Å². The zero-order chi connectivity index (χ0) is 18.5. The molecule has 1 aliphatic rings. The van der Waals surface area contributed by atoms with E-state index < -0.39 is 0 Å². The summed E-state index contributed by atoms with van der Waals surface area (Å²) in [5, 5.41) is 2.93. The SMILES string of the molecule is O=C(NCc1ccc2c(c1)OCCO2)c1ccccc1Oc1ccccc1. The highest BCUT2D eigenvalue weighted by molar-refractivity contribution is 5.97. The lowest BCUT2D eigenvalue weighted by molar-refractivity contribution is 0.0948. The Hall–Kier alpha value is -3.47. The summed E-state index contributed by atoms with van der Waals surface area (Å²) in [6.07, 6.45) is 0. The van der Waals surface area contributed by atoms with E-state index >= 15 is 0 Å². The van der Waals surface area contributed by atoms with E-state index in [0.717, 1.165) is 11.3 Å². The van der Waals surface area contributed by atoms with Crippen molar-refractivity contribution < 1.29 is 19.0 Å². The minimum Gasteiger partial charge on any atom is -0.486 e. The fourth-order valence-corrected chi connectivity index (χ4v) is 2.83. The van der Waals surface area contributed by atoms with E-state index in [1.807, 2.05) is 60.7 Å². The average Bonchev–Trinajstić information content (AvgIpc) is 2.73. The van der Waals surface area contributed by atoms with Crippen LogP contribution in [0.5, 0.6) is 23.0 Å². The monoisotopic (exact) mass is 361 g/mol. The lowest BCUT2D eigenvalue weighted by atomic mass is 10.1. The molecular formula is C22H19NO4. The first-order chi connectivity index (χ1) is 13.3. The number of ether oxygens (including phenoxy) is 3. The number of hydrogen-bond acceptors (Lipinski definition) is 4. The minimum absolute atomic E-state index is 0.198. The van der Waals surface area contributed by atoms with Crippen LogP contribution in [0.4, 0.5) is 0 Å². The van der Waals surface area contributed by atoms with Gasteiger partial charge in [-0.1, -0.05) is 36.4 Å². The van der Waals surface area contributed by atoms with E-state index in [-0.39, 0.29) is 5.91 Å². The van der Waals surface area contributed by atoms with Gasteiger partial charge in [0.15, 0.2) is 11.5 Å². The van der Waals surface area contributed by atoms with Crippen LogP contribution in [0.2, 0.25) is 0 Å². The van der Waals surface area contributed by atoms with E-state index in [9.17, 15) is 4.79 Å². The first-order valence-corrected chi connectivity index (χ1v) is 8.78. The van der Waals surface area contributed by atoms with E-state index in [4.69, 9.17) is 14.2 Å². The minimum atomic E-state index is -0.198. The Morgan fingerprint density at radius 3 is 2.48 bits per heavy atom. The smallest absolute Gasteiger partial charge is 0.255 e. The number of rotatable bonds is 5. The highest BCUT2D eigenvalue weighted by Gasteiger charge is 2.14. The molecule has 1 heterocycles. The predicted octanol–water partition coefficient (Wildman–Crippen LogP) is 4.18. The summed E-state index contributed by atoms with van der Waals surface area (Å²) in [5.74, 6) is 2.45. The molecule has 0 aliphatic carbocycles. The van der Waals surface area contributed by atoms with Gasteiger partial charge in [-0.25, -0.2) is 0 Å². The van der Waals surface area contributed by atoms with E-state index in [1.165, 1.54) is 0 Å². The molecule has 3 aromatic rings. The highest BCUT2D eigenvalue weighted by atomic mass is 16.6. The molecule has 136 valence electrons. The molecule has 0 saturated heterocycles. The van der Waals surface area contributed by atoms with Crippen molar-refractivity contribution in [2.45, 2.75) is 6.54 Å². The van der Waals surface area contributed by atoms with Crippen LogP contribution in [0, 0.1) is 0 Å². The largest absolute Gasteiger partial charge is 0.486 e. The number of para-hydroxylation sites is 2. The fourth-order valence-electron chi connectivity index (χ4n) is 2.83. The Bertz CT molecular complexity index is 940. The van der Waals surface area contributed by atoms with Gasteiger partial charge in [-0.2, -0.15) is 0 Å². The molecule has 0 atom stereocenters. The maximum Gasteiger partial charge on any atom is 0.255 e. The molecule has 0 aromatic heterocycles. The zero-order valence-corrected chi connectivity index (χ0v) is 14.7. The predicted molar refractivity (Wildman–Crippen MR) is 102 cm³/mol. The van der Waals surface area contributed by atoms with Crippen molar-refractivity contribution in [1.82, 2.24) is 5.32 Å². The van der Waals surface area contributed by atoms with Gasteiger partial charge in [0, 0.05) is 6.54 Å². The molecule has 1 aliphatic heterocycles. The number of carbonyl (C=O) groups excluding carboxylic acids is 1. The van der Waals surface area contributed by atoms with Crippen molar-refractivity contribution in [1.29, 1.82) is 0 Å². The van der Waals surface area contributed by atoms with Gasteiger partial charge in [-0.05, 0) is 42.0 Å². The lowest BCUT2D eigenvalue weighted by Gasteiger charge is -2.19. The fraction of sp³-hybridized carbons (Fsp3) is 0.136. The van der Waals surface area contributed by atoms with Gasteiger partial charge in [-0.15, -0.1) is 0 Å². The third-order valence-electron chi connectivity index (χ3n) is 4.16. The molecule has 3 aromatic carbocycles. The summed E-state index contributed by atoms with van der Waals surface area (Å²) in [4.78, 5) is 12.7. The Balaban J connectivity index is 1.46. The number of amides is 1. The lowest BCUT2D eigenvalue weighted by Crippen LogP contribution is -2.23. The Kier molecular flexibility index (Phi) is 4.92. The van der Waals surface area contributed by atoms with Gasteiger partial charge in [0.1, 0.15) is 24.7 Å². The van der Waals surface area contributed by atoms with Crippen LogP contribution in [-0.2, 0) is 6.54 Å². The molecule has 0 bridgehead atoms. The summed E-state index contributed by atoms with van der Waals surface area (Å²) < 4.78 is 17.0. The van der Waals surface area contributed by atoms with Crippen LogP contribution in [0.15, 0.2) is 72.8 Å². The maximum absolute atomic E-state index is 12.7. The molecule has 27 heavy (non-hydrogen) atoms.